The fourth-order valence-corrected chi connectivity index (χ4v) is 2.61. The minimum Gasteiger partial charge on any atom is -0.340 e. The van der Waals surface area contributed by atoms with Crippen LogP contribution < -0.4 is 10.6 Å². The number of nitrogens with zero attached hydrogens (tertiary/aromatic N) is 2. The topological polar surface area (TPSA) is 42.1 Å². The van der Waals surface area contributed by atoms with E-state index in [4.69, 9.17) is 5.73 Å². The number of rotatable bonds is 2. The SMILES string of the molecule is NCc1ccncc1N1CCCc2ccccc21. The van der Waals surface area contributed by atoms with Gasteiger partial charge in [0, 0.05) is 25.0 Å². The zero-order valence-electron chi connectivity index (χ0n) is 10.3. The van der Waals surface area contributed by atoms with Crippen molar-refractivity contribution >= 4 is 11.4 Å². The van der Waals surface area contributed by atoms with Crippen molar-refractivity contribution in [1.29, 1.82) is 0 Å². The molecule has 0 amide bonds. The summed E-state index contributed by atoms with van der Waals surface area (Å²) in [6.07, 6.45) is 6.06. The number of hydrogen-bond donors (Lipinski definition) is 1. The van der Waals surface area contributed by atoms with E-state index in [0.29, 0.717) is 6.54 Å². The zero-order valence-corrected chi connectivity index (χ0v) is 10.3. The van der Waals surface area contributed by atoms with Crippen molar-refractivity contribution in [3.05, 3.63) is 53.9 Å². The Labute approximate surface area is 107 Å². The number of hydrogen-bond acceptors (Lipinski definition) is 3. The first-order chi connectivity index (χ1) is 8.90. The van der Waals surface area contributed by atoms with Crippen LogP contribution in [0.3, 0.4) is 0 Å². The molecule has 0 radical (unpaired) electrons. The lowest BCUT2D eigenvalue weighted by atomic mass is 10.0. The number of nitrogens with two attached hydrogens (primary N) is 1. The Morgan fingerprint density at radius 2 is 2.06 bits per heavy atom. The summed E-state index contributed by atoms with van der Waals surface area (Å²) in [7, 11) is 0. The molecule has 3 nitrogen and oxygen atoms in total. The van der Waals surface area contributed by atoms with E-state index in [9.17, 15) is 0 Å². The van der Waals surface area contributed by atoms with E-state index in [-0.39, 0.29) is 0 Å². The maximum absolute atomic E-state index is 5.82. The summed E-state index contributed by atoms with van der Waals surface area (Å²) in [6.45, 7) is 1.59. The number of anilines is 2. The van der Waals surface area contributed by atoms with Crippen molar-refractivity contribution in [3.8, 4) is 0 Å². The molecule has 0 aliphatic carbocycles. The van der Waals surface area contributed by atoms with Crippen molar-refractivity contribution in [3.63, 3.8) is 0 Å². The Kier molecular flexibility index (Phi) is 2.99. The molecule has 2 heterocycles. The van der Waals surface area contributed by atoms with Crippen LogP contribution in [-0.4, -0.2) is 11.5 Å². The normalized spacial score (nSPS) is 14.4. The van der Waals surface area contributed by atoms with Crippen molar-refractivity contribution in [2.75, 3.05) is 11.4 Å². The second-order valence-electron chi connectivity index (χ2n) is 4.59. The molecule has 1 aliphatic heterocycles. The minimum atomic E-state index is 0.552. The fourth-order valence-electron chi connectivity index (χ4n) is 2.61. The molecular formula is C15H17N3. The Morgan fingerprint density at radius 3 is 2.94 bits per heavy atom. The largest absolute Gasteiger partial charge is 0.340 e. The Bertz CT molecular complexity index is 551. The van der Waals surface area contributed by atoms with E-state index < -0.39 is 0 Å². The van der Waals surface area contributed by atoms with Gasteiger partial charge in [-0.3, -0.25) is 4.98 Å². The summed E-state index contributed by atoms with van der Waals surface area (Å²) in [6, 6.07) is 10.6. The van der Waals surface area contributed by atoms with Gasteiger partial charge in [-0.25, -0.2) is 0 Å². The van der Waals surface area contributed by atoms with Gasteiger partial charge in [-0.05, 0) is 36.1 Å². The molecule has 3 rings (SSSR count). The summed E-state index contributed by atoms with van der Waals surface area (Å²) in [4.78, 5) is 6.59. The third-order valence-corrected chi connectivity index (χ3v) is 3.51. The quantitative estimate of drug-likeness (QED) is 0.876. The van der Waals surface area contributed by atoms with Crippen LogP contribution in [0.25, 0.3) is 0 Å². The number of aromatic nitrogens is 1. The highest BCUT2D eigenvalue weighted by Gasteiger charge is 2.19. The molecule has 0 spiro atoms. The van der Waals surface area contributed by atoms with Crippen molar-refractivity contribution in [1.82, 2.24) is 4.98 Å². The Hall–Kier alpha value is -1.87. The predicted octanol–water partition coefficient (Wildman–Crippen LogP) is 2.62. The van der Waals surface area contributed by atoms with E-state index >= 15 is 0 Å². The molecule has 0 unspecified atom stereocenters. The number of benzene rings is 1. The molecule has 0 saturated heterocycles. The van der Waals surface area contributed by atoms with Crippen LogP contribution in [0.15, 0.2) is 42.7 Å². The third kappa shape index (κ3) is 1.87. The first kappa shape index (κ1) is 11.2. The average molecular weight is 239 g/mol. The summed E-state index contributed by atoms with van der Waals surface area (Å²) in [5, 5.41) is 0. The molecule has 1 aliphatic rings. The first-order valence-electron chi connectivity index (χ1n) is 6.38. The van der Waals surface area contributed by atoms with Gasteiger partial charge in [-0.15, -0.1) is 0 Å². The van der Waals surface area contributed by atoms with Gasteiger partial charge in [0.1, 0.15) is 0 Å². The molecular weight excluding hydrogens is 222 g/mol. The van der Waals surface area contributed by atoms with Gasteiger partial charge in [0.05, 0.1) is 11.9 Å². The van der Waals surface area contributed by atoms with Crippen LogP contribution in [0.4, 0.5) is 11.4 Å². The maximum atomic E-state index is 5.82. The summed E-state index contributed by atoms with van der Waals surface area (Å²) in [5.74, 6) is 0. The van der Waals surface area contributed by atoms with Gasteiger partial charge in [-0.1, -0.05) is 18.2 Å². The fraction of sp³-hybridized carbons (Fsp3) is 0.267. The van der Waals surface area contributed by atoms with E-state index in [1.54, 1.807) is 0 Å². The number of pyridine rings is 1. The van der Waals surface area contributed by atoms with Crippen molar-refractivity contribution in [2.24, 2.45) is 5.73 Å². The van der Waals surface area contributed by atoms with E-state index in [1.165, 1.54) is 17.7 Å². The second kappa shape index (κ2) is 4.78. The van der Waals surface area contributed by atoms with E-state index in [2.05, 4.69) is 34.1 Å². The van der Waals surface area contributed by atoms with Crippen LogP contribution in [0, 0.1) is 0 Å². The maximum Gasteiger partial charge on any atom is 0.0642 e. The third-order valence-electron chi connectivity index (χ3n) is 3.51. The van der Waals surface area contributed by atoms with Gasteiger partial charge in [0.25, 0.3) is 0 Å². The molecule has 3 heteroatoms. The van der Waals surface area contributed by atoms with Crippen LogP contribution in [0.2, 0.25) is 0 Å². The van der Waals surface area contributed by atoms with Crippen molar-refractivity contribution in [2.45, 2.75) is 19.4 Å². The molecule has 1 aromatic carbocycles. The Balaban J connectivity index is 2.08. The molecule has 0 saturated carbocycles. The van der Waals surface area contributed by atoms with Gasteiger partial charge in [-0.2, -0.15) is 0 Å². The van der Waals surface area contributed by atoms with E-state index in [1.807, 2.05) is 18.5 Å². The summed E-state index contributed by atoms with van der Waals surface area (Å²) in [5.41, 5.74) is 10.8. The standard InChI is InChI=1S/C15H17N3/c16-10-13-7-8-17-11-15(13)18-9-3-5-12-4-1-2-6-14(12)18/h1-2,4,6-8,11H,3,5,9-10,16H2. The van der Waals surface area contributed by atoms with Crippen LogP contribution in [0.5, 0.6) is 0 Å². The van der Waals surface area contributed by atoms with Crippen LogP contribution >= 0.6 is 0 Å². The van der Waals surface area contributed by atoms with Gasteiger partial charge >= 0.3 is 0 Å². The monoisotopic (exact) mass is 239 g/mol. The number of fused-ring (bicyclic) bond motifs is 1. The minimum absolute atomic E-state index is 0.552. The smallest absolute Gasteiger partial charge is 0.0642 e. The zero-order chi connectivity index (χ0) is 12.4. The predicted molar refractivity (Wildman–Crippen MR) is 73.9 cm³/mol. The molecule has 92 valence electrons. The lowest BCUT2D eigenvalue weighted by Crippen LogP contribution is -2.25. The first-order valence-corrected chi connectivity index (χ1v) is 6.38. The number of para-hydroxylation sites is 1. The number of aryl methyl sites for hydroxylation is 1. The lowest BCUT2D eigenvalue weighted by molar-refractivity contribution is 0.762. The highest BCUT2D eigenvalue weighted by atomic mass is 15.1. The average Bonchev–Trinajstić information content (AvgIpc) is 2.46. The molecule has 18 heavy (non-hydrogen) atoms. The molecule has 0 atom stereocenters. The van der Waals surface area contributed by atoms with E-state index in [0.717, 1.165) is 24.2 Å². The highest BCUT2D eigenvalue weighted by molar-refractivity contribution is 5.69. The molecule has 0 fully saturated rings. The molecule has 2 aromatic rings. The van der Waals surface area contributed by atoms with Crippen molar-refractivity contribution < 1.29 is 0 Å². The van der Waals surface area contributed by atoms with Gasteiger partial charge in [0.15, 0.2) is 0 Å². The van der Waals surface area contributed by atoms with Crippen LogP contribution in [-0.2, 0) is 13.0 Å². The molecule has 1 aromatic heterocycles. The highest BCUT2D eigenvalue weighted by Crippen LogP contribution is 2.34. The van der Waals surface area contributed by atoms with Gasteiger partial charge < -0.3 is 10.6 Å². The molecule has 2 N–H and O–H groups in total. The van der Waals surface area contributed by atoms with Crippen LogP contribution in [0.1, 0.15) is 17.5 Å². The summed E-state index contributed by atoms with van der Waals surface area (Å²) >= 11 is 0. The second-order valence-corrected chi connectivity index (χ2v) is 4.59. The van der Waals surface area contributed by atoms with Gasteiger partial charge in [0.2, 0.25) is 0 Å². The summed E-state index contributed by atoms with van der Waals surface area (Å²) < 4.78 is 0. The Morgan fingerprint density at radius 1 is 1.17 bits per heavy atom. The lowest BCUT2D eigenvalue weighted by Gasteiger charge is -2.32. The molecule has 0 bridgehead atoms.